The standard InChI is InChI=1S/C23H31ClN2O2/c1-4-6-7-9-17-14-25-22(26-15-17)19-12-10-18(11-13-19)20(23(27)28)21(24)16(3)8-5-2/h10-16,20-21H,4-9H2,1-3H3,(H,27,28). The SMILES string of the molecule is CCCCCc1cnc(-c2ccc(C(C(=O)O)C(Cl)C(C)CCC)cc2)nc1. The second-order valence-corrected chi connectivity index (χ2v) is 8.02. The minimum atomic E-state index is -0.886. The molecule has 0 bridgehead atoms. The van der Waals surface area contributed by atoms with Crippen LogP contribution >= 0.6 is 11.6 Å². The molecule has 2 rings (SSSR count). The van der Waals surface area contributed by atoms with E-state index in [1.165, 1.54) is 12.8 Å². The van der Waals surface area contributed by atoms with Gasteiger partial charge in [-0.2, -0.15) is 0 Å². The highest BCUT2D eigenvalue weighted by Gasteiger charge is 2.31. The highest BCUT2D eigenvalue weighted by atomic mass is 35.5. The van der Waals surface area contributed by atoms with E-state index in [2.05, 4.69) is 23.8 Å². The van der Waals surface area contributed by atoms with E-state index < -0.39 is 17.3 Å². The van der Waals surface area contributed by atoms with Crippen LogP contribution < -0.4 is 0 Å². The number of halogens is 1. The number of rotatable bonds is 11. The topological polar surface area (TPSA) is 63.1 Å². The smallest absolute Gasteiger partial charge is 0.312 e. The summed E-state index contributed by atoms with van der Waals surface area (Å²) in [6.07, 6.45) is 10.2. The van der Waals surface area contributed by atoms with Gasteiger partial charge in [0.25, 0.3) is 0 Å². The maximum atomic E-state index is 11.8. The molecule has 2 aromatic rings. The van der Waals surface area contributed by atoms with Crippen LogP contribution in [0.4, 0.5) is 0 Å². The highest BCUT2D eigenvalue weighted by molar-refractivity contribution is 6.22. The molecule has 0 saturated carbocycles. The number of aromatic nitrogens is 2. The molecule has 3 unspecified atom stereocenters. The molecule has 1 aromatic heterocycles. The summed E-state index contributed by atoms with van der Waals surface area (Å²) >= 11 is 6.53. The maximum absolute atomic E-state index is 11.8. The maximum Gasteiger partial charge on any atom is 0.312 e. The van der Waals surface area contributed by atoms with Crippen molar-refractivity contribution in [1.29, 1.82) is 0 Å². The fraction of sp³-hybridized carbons (Fsp3) is 0.522. The predicted molar refractivity (Wildman–Crippen MR) is 115 cm³/mol. The van der Waals surface area contributed by atoms with Gasteiger partial charge >= 0.3 is 5.97 Å². The molecule has 152 valence electrons. The van der Waals surface area contributed by atoms with E-state index in [0.717, 1.165) is 42.4 Å². The number of unbranched alkanes of at least 4 members (excludes halogenated alkanes) is 2. The minimum Gasteiger partial charge on any atom is -0.481 e. The summed E-state index contributed by atoms with van der Waals surface area (Å²) in [6, 6.07) is 7.43. The van der Waals surface area contributed by atoms with Crippen LogP contribution in [-0.2, 0) is 11.2 Å². The molecule has 1 N–H and O–H groups in total. The molecule has 0 aliphatic rings. The van der Waals surface area contributed by atoms with Crippen molar-refractivity contribution in [2.75, 3.05) is 0 Å². The number of aliphatic carboxylic acids is 1. The number of alkyl halides is 1. The first kappa shape index (κ1) is 22.4. The third kappa shape index (κ3) is 6.03. The number of aryl methyl sites for hydroxylation is 1. The number of nitrogens with zero attached hydrogens (tertiary/aromatic N) is 2. The molecular weight excluding hydrogens is 372 g/mol. The first-order chi connectivity index (χ1) is 13.5. The lowest BCUT2D eigenvalue weighted by atomic mass is 9.86. The van der Waals surface area contributed by atoms with Crippen molar-refractivity contribution >= 4 is 17.6 Å². The van der Waals surface area contributed by atoms with E-state index in [1.807, 2.05) is 43.6 Å². The van der Waals surface area contributed by atoms with Crippen LogP contribution in [0.2, 0.25) is 0 Å². The Morgan fingerprint density at radius 1 is 1.07 bits per heavy atom. The van der Waals surface area contributed by atoms with Crippen LogP contribution in [0, 0.1) is 5.92 Å². The van der Waals surface area contributed by atoms with Gasteiger partial charge in [-0.25, -0.2) is 9.97 Å². The summed E-state index contributed by atoms with van der Waals surface area (Å²) in [5.41, 5.74) is 2.74. The number of carboxylic acids is 1. The Bertz CT molecular complexity index is 731. The first-order valence-electron chi connectivity index (χ1n) is 10.3. The third-order valence-corrected chi connectivity index (χ3v) is 5.86. The molecular formula is C23H31ClN2O2. The summed E-state index contributed by atoms with van der Waals surface area (Å²) in [7, 11) is 0. The molecule has 0 aliphatic carbocycles. The Kier molecular flexibility index (Phi) is 8.91. The molecule has 0 radical (unpaired) electrons. The summed E-state index contributed by atoms with van der Waals surface area (Å²) in [4.78, 5) is 20.8. The van der Waals surface area contributed by atoms with Crippen LogP contribution in [0.25, 0.3) is 11.4 Å². The van der Waals surface area contributed by atoms with Crippen molar-refractivity contribution in [3.05, 3.63) is 47.8 Å². The summed E-state index contributed by atoms with van der Waals surface area (Å²) < 4.78 is 0. The number of hydrogen-bond donors (Lipinski definition) is 1. The normalized spacial score (nSPS) is 14.4. The molecule has 0 saturated heterocycles. The molecule has 3 atom stereocenters. The Balaban J connectivity index is 2.13. The number of carboxylic acid groups (broad SMARTS) is 1. The second kappa shape index (κ2) is 11.2. The van der Waals surface area contributed by atoms with Gasteiger partial charge in [-0.15, -0.1) is 11.6 Å². The molecule has 1 aromatic carbocycles. The molecule has 0 amide bonds. The van der Waals surface area contributed by atoms with Crippen molar-refractivity contribution in [2.24, 2.45) is 5.92 Å². The Labute approximate surface area is 173 Å². The molecule has 0 spiro atoms. The van der Waals surface area contributed by atoms with Crippen LogP contribution in [0.3, 0.4) is 0 Å². The summed E-state index contributed by atoms with van der Waals surface area (Å²) in [5, 5.41) is 9.27. The second-order valence-electron chi connectivity index (χ2n) is 7.52. The predicted octanol–water partition coefficient (Wildman–Crippen LogP) is 6.09. The van der Waals surface area contributed by atoms with Crippen molar-refractivity contribution in [3.8, 4) is 11.4 Å². The van der Waals surface area contributed by atoms with Gasteiger partial charge in [0.15, 0.2) is 5.82 Å². The zero-order valence-corrected chi connectivity index (χ0v) is 17.8. The van der Waals surface area contributed by atoms with E-state index >= 15 is 0 Å². The average Bonchev–Trinajstić information content (AvgIpc) is 2.69. The van der Waals surface area contributed by atoms with Crippen molar-refractivity contribution in [1.82, 2.24) is 9.97 Å². The third-order valence-electron chi connectivity index (χ3n) is 5.17. The van der Waals surface area contributed by atoms with E-state index in [0.29, 0.717) is 5.82 Å². The lowest BCUT2D eigenvalue weighted by molar-refractivity contribution is -0.139. The molecule has 1 heterocycles. The van der Waals surface area contributed by atoms with Gasteiger partial charge in [-0.05, 0) is 36.3 Å². The van der Waals surface area contributed by atoms with Crippen LogP contribution in [-0.4, -0.2) is 26.4 Å². The minimum absolute atomic E-state index is 0.135. The fourth-order valence-corrected chi connectivity index (χ4v) is 3.84. The van der Waals surface area contributed by atoms with Gasteiger partial charge in [0.2, 0.25) is 0 Å². The Hall–Kier alpha value is -1.94. The largest absolute Gasteiger partial charge is 0.481 e. The van der Waals surface area contributed by atoms with Gasteiger partial charge in [0.1, 0.15) is 0 Å². The quantitative estimate of drug-likeness (QED) is 0.365. The van der Waals surface area contributed by atoms with Gasteiger partial charge < -0.3 is 5.11 Å². The molecule has 4 nitrogen and oxygen atoms in total. The van der Waals surface area contributed by atoms with Gasteiger partial charge in [0.05, 0.1) is 11.3 Å². The first-order valence-corrected chi connectivity index (χ1v) is 10.7. The van der Waals surface area contributed by atoms with Crippen molar-refractivity contribution in [2.45, 2.75) is 70.6 Å². The molecule has 28 heavy (non-hydrogen) atoms. The van der Waals surface area contributed by atoms with Gasteiger partial charge in [0, 0.05) is 18.0 Å². The zero-order chi connectivity index (χ0) is 20.5. The van der Waals surface area contributed by atoms with Crippen LogP contribution in [0.15, 0.2) is 36.7 Å². The molecule has 0 fully saturated rings. The van der Waals surface area contributed by atoms with Crippen LogP contribution in [0.1, 0.15) is 69.9 Å². The van der Waals surface area contributed by atoms with Crippen LogP contribution in [0.5, 0.6) is 0 Å². The number of benzene rings is 1. The Morgan fingerprint density at radius 3 is 2.25 bits per heavy atom. The van der Waals surface area contributed by atoms with Crippen molar-refractivity contribution in [3.63, 3.8) is 0 Å². The highest BCUT2D eigenvalue weighted by Crippen LogP contribution is 2.32. The number of carbonyl (C=O) groups is 1. The fourth-order valence-electron chi connectivity index (χ4n) is 3.46. The lowest BCUT2D eigenvalue weighted by Gasteiger charge is -2.24. The van der Waals surface area contributed by atoms with Crippen molar-refractivity contribution < 1.29 is 9.90 Å². The monoisotopic (exact) mass is 402 g/mol. The van der Waals surface area contributed by atoms with E-state index in [-0.39, 0.29) is 5.92 Å². The zero-order valence-electron chi connectivity index (χ0n) is 17.1. The average molecular weight is 403 g/mol. The lowest BCUT2D eigenvalue weighted by Crippen LogP contribution is -2.27. The van der Waals surface area contributed by atoms with Gasteiger partial charge in [-0.3, -0.25) is 4.79 Å². The molecule has 5 heteroatoms. The summed E-state index contributed by atoms with van der Waals surface area (Å²) in [6.45, 7) is 6.29. The molecule has 0 aliphatic heterocycles. The Morgan fingerprint density at radius 2 is 1.71 bits per heavy atom. The van der Waals surface area contributed by atoms with E-state index in [1.54, 1.807) is 0 Å². The van der Waals surface area contributed by atoms with E-state index in [9.17, 15) is 9.90 Å². The number of hydrogen-bond acceptors (Lipinski definition) is 3. The van der Waals surface area contributed by atoms with Gasteiger partial charge in [-0.1, -0.05) is 64.3 Å². The summed E-state index contributed by atoms with van der Waals surface area (Å²) in [5.74, 6) is -0.821. The van der Waals surface area contributed by atoms with E-state index in [4.69, 9.17) is 11.6 Å².